The Morgan fingerprint density at radius 3 is 2.39 bits per heavy atom. The van der Waals surface area contributed by atoms with Crippen LogP contribution in [-0.2, 0) is 19.1 Å². The first-order valence-electron chi connectivity index (χ1n) is 6.17. The number of carbonyl (C=O) groups is 2. The first-order valence-corrected chi connectivity index (χ1v) is 6.17. The first-order chi connectivity index (χ1) is 8.72. The van der Waals surface area contributed by atoms with Crippen molar-refractivity contribution in [2.24, 2.45) is 0 Å². The molecule has 0 unspecified atom stereocenters. The molecule has 0 amide bonds. The SMILES string of the molecule is CCOC(=O)/C=C/C(=O)OCCN1CCNCC1. The first kappa shape index (κ1) is 14.7. The Labute approximate surface area is 107 Å². The van der Waals surface area contributed by atoms with Gasteiger partial charge in [0, 0.05) is 44.9 Å². The molecule has 0 spiro atoms. The highest BCUT2D eigenvalue weighted by Gasteiger charge is 2.09. The van der Waals surface area contributed by atoms with Crippen LogP contribution in [0.5, 0.6) is 0 Å². The van der Waals surface area contributed by atoms with Crippen molar-refractivity contribution in [3.05, 3.63) is 12.2 Å². The van der Waals surface area contributed by atoms with E-state index < -0.39 is 11.9 Å². The molecule has 0 aromatic heterocycles. The van der Waals surface area contributed by atoms with Gasteiger partial charge in [-0.3, -0.25) is 4.90 Å². The van der Waals surface area contributed by atoms with Gasteiger partial charge in [0.05, 0.1) is 6.61 Å². The van der Waals surface area contributed by atoms with Gasteiger partial charge in [0.15, 0.2) is 0 Å². The van der Waals surface area contributed by atoms with E-state index in [9.17, 15) is 9.59 Å². The summed E-state index contributed by atoms with van der Waals surface area (Å²) in [7, 11) is 0. The number of nitrogens with zero attached hydrogens (tertiary/aromatic N) is 1. The third-order valence-electron chi connectivity index (χ3n) is 2.50. The molecular formula is C12H20N2O4. The molecule has 0 bridgehead atoms. The van der Waals surface area contributed by atoms with Crippen molar-refractivity contribution in [2.45, 2.75) is 6.92 Å². The zero-order chi connectivity index (χ0) is 13.2. The number of hydrogen-bond acceptors (Lipinski definition) is 6. The minimum absolute atomic E-state index is 0.293. The van der Waals surface area contributed by atoms with E-state index in [1.807, 2.05) is 0 Å². The van der Waals surface area contributed by atoms with Crippen molar-refractivity contribution >= 4 is 11.9 Å². The highest BCUT2D eigenvalue weighted by atomic mass is 16.5. The summed E-state index contributed by atoms with van der Waals surface area (Å²) in [5.74, 6) is -1.05. The fourth-order valence-electron chi connectivity index (χ4n) is 1.58. The summed E-state index contributed by atoms with van der Waals surface area (Å²) in [5, 5.41) is 3.25. The van der Waals surface area contributed by atoms with Gasteiger partial charge in [-0.25, -0.2) is 9.59 Å². The molecule has 1 aliphatic rings. The Kier molecular flexibility index (Phi) is 7.05. The molecular weight excluding hydrogens is 236 g/mol. The standard InChI is InChI=1S/C12H20N2O4/c1-2-17-11(15)3-4-12(16)18-10-9-14-7-5-13-6-8-14/h3-4,13H,2,5-10H2,1H3/b4-3+. The van der Waals surface area contributed by atoms with Crippen molar-refractivity contribution in [3.63, 3.8) is 0 Å². The van der Waals surface area contributed by atoms with Crippen LogP contribution in [0.15, 0.2) is 12.2 Å². The second-order valence-corrected chi connectivity index (χ2v) is 3.84. The topological polar surface area (TPSA) is 67.9 Å². The van der Waals surface area contributed by atoms with Gasteiger partial charge < -0.3 is 14.8 Å². The van der Waals surface area contributed by atoms with Gasteiger partial charge in [0.1, 0.15) is 6.61 Å². The molecule has 1 aliphatic heterocycles. The van der Waals surface area contributed by atoms with Crippen LogP contribution in [0.4, 0.5) is 0 Å². The van der Waals surface area contributed by atoms with E-state index in [1.165, 1.54) is 0 Å². The average molecular weight is 256 g/mol. The number of ether oxygens (including phenoxy) is 2. The zero-order valence-electron chi connectivity index (χ0n) is 10.7. The van der Waals surface area contributed by atoms with Crippen LogP contribution in [0, 0.1) is 0 Å². The summed E-state index contributed by atoms with van der Waals surface area (Å²) in [4.78, 5) is 24.4. The molecule has 18 heavy (non-hydrogen) atoms. The van der Waals surface area contributed by atoms with E-state index in [0.717, 1.165) is 44.9 Å². The highest BCUT2D eigenvalue weighted by Crippen LogP contribution is 1.92. The van der Waals surface area contributed by atoms with Crippen LogP contribution >= 0.6 is 0 Å². The minimum Gasteiger partial charge on any atom is -0.463 e. The van der Waals surface area contributed by atoms with E-state index in [4.69, 9.17) is 4.74 Å². The molecule has 0 radical (unpaired) electrons. The molecule has 0 saturated carbocycles. The smallest absolute Gasteiger partial charge is 0.331 e. The molecule has 6 nitrogen and oxygen atoms in total. The molecule has 6 heteroatoms. The largest absolute Gasteiger partial charge is 0.463 e. The molecule has 1 N–H and O–H groups in total. The van der Waals surface area contributed by atoms with Crippen molar-refractivity contribution < 1.29 is 19.1 Å². The quantitative estimate of drug-likeness (QED) is 0.513. The molecule has 0 aromatic rings. The van der Waals surface area contributed by atoms with Crippen LogP contribution in [0.2, 0.25) is 0 Å². The summed E-state index contributed by atoms with van der Waals surface area (Å²) >= 11 is 0. The lowest BCUT2D eigenvalue weighted by atomic mass is 10.4. The van der Waals surface area contributed by atoms with Crippen molar-refractivity contribution in [1.82, 2.24) is 10.2 Å². The van der Waals surface area contributed by atoms with Gasteiger partial charge in [-0.15, -0.1) is 0 Å². The number of carbonyl (C=O) groups excluding carboxylic acids is 2. The van der Waals surface area contributed by atoms with Gasteiger partial charge in [-0.1, -0.05) is 0 Å². The highest BCUT2D eigenvalue weighted by molar-refractivity contribution is 5.91. The predicted octanol–water partition coefficient (Wildman–Crippen LogP) is -0.446. The summed E-state index contributed by atoms with van der Waals surface area (Å²) < 4.78 is 9.62. The summed E-state index contributed by atoms with van der Waals surface area (Å²) in [6, 6.07) is 0. The van der Waals surface area contributed by atoms with Gasteiger partial charge >= 0.3 is 11.9 Å². The number of rotatable bonds is 6. The number of hydrogen-bond donors (Lipinski definition) is 1. The van der Waals surface area contributed by atoms with E-state index in [1.54, 1.807) is 6.92 Å². The lowest BCUT2D eigenvalue weighted by molar-refractivity contribution is -0.140. The van der Waals surface area contributed by atoms with E-state index in [-0.39, 0.29) is 0 Å². The lowest BCUT2D eigenvalue weighted by Crippen LogP contribution is -2.44. The third kappa shape index (κ3) is 6.36. The van der Waals surface area contributed by atoms with Crippen LogP contribution < -0.4 is 5.32 Å². The fourth-order valence-corrected chi connectivity index (χ4v) is 1.58. The molecule has 0 aromatic carbocycles. The van der Waals surface area contributed by atoms with E-state index in [0.29, 0.717) is 13.2 Å². The minimum atomic E-state index is -0.531. The third-order valence-corrected chi connectivity index (χ3v) is 2.50. The molecule has 1 rings (SSSR count). The second kappa shape index (κ2) is 8.66. The van der Waals surface area contributed by atoms with Gasteiger partial charge in [0.2, 0.25) is 0 Å². The Bertz CT molecular complexity index is 298. The second-order valence-electron chi connectivity index (χ2n) is 3.84. The molecule has 1 saturated heterocycles. The molecule has 0 aliphatic carbocycles. The Hall–Kier alpha value is -1.40. The Morgan fingerprint density at radius 2 is 1.78 bits per heavy atom. The van der Waals surface area contributed by atoms with Gasteiger partial charge in [-0.2, -0.15) is 0 Å². The lowest BCUT2D eigenvalue weighted by Gasteiger charge is -2.26. The predicted molar refractivity (Wildman–Crippen MR) is 66.0 cm³/mol. The van der Waals surface area contributed by atoms with E-state index in [2.05, 4.69) is 15.0 Å². The Balaban J connectivity index is 2.10. The van der Waals surface area contributed by atoms with Crippen LogP contribution in [-0.4, -0.2) is 62.8 Å². The summed E-state index contributed by atoms with van der Waals surface area (Å²) in [5.41, 5.74) is 0. The molecule has 1 fully saturated rings. The number of piperazine rings is 1. The number of esters is 2. The van der Waals surface area contributed by atoms with Crippen molar-refractivity contribution in [3.8, 4) is 0 Å². The number of nitrogens with one attached hydrogen (secondary N) is 1. The maximum Gasteiger partial charge on any atom is 0.331 e. The maximum absolute atomic E-state index is 11.2. The molecule has 1 heterocycles. The van der Waals surface area contributed by atoms with Gasteiger partial charge in [-0.05, 0) is 6.92 Å². The maximum atomic E-state index is 11.2. The van der Waals surface area contributed by atoms with Crippen molar-refractivity contribution in [2.75, 3.05) is 45.9 Å². The normalized spacial score (nSPS) is 16.7. The molecule has 102 valence electrons. The summed E-state index contributed by atoms with van der Waals surface area (Å²) in [6.45, 7) is 6.94. The average Bonchev–Trinajstić information content (AvgIpc) is 2.38. The zero-order valence-corrected chi connectivity index (χ0v) is 10.7. The van der Waals surface area contributed by atoms with Crippen molar-refractivity contribution in [1.29, 1.82) is 0 Å². The van der Waals surface area contributed by atoms with E-state index >= 15 is 0 Å². The monoisotopic (exact) mass is 256 g/mol. The molecule has 0 atom stereocenters. The van der Waals surface area contributed by atoms with Crippen LogP contribution in [0.3, 0.4) is 0 Å². The summed E-state index contributed by atoms with van der Waals surface area (Å²) in [6.07, 6.45) is 2.17. The Morgan fingerprint density at radius 1 is 1.17 bits per heavy atom. The fraction of sp³-hybridized carbons (Fsp3) is 0.667. The van der Waals surface area contributed by atoms with Crippen LogP contribution in [0.25, 0.3) is 0 Å². The van der Waals surface area contributed by atoms with Crippen LogP contribution in [0.1, 0.15) is 6.92 Å². The van der Waals surface area contributed by atoms with Gasteiger partial charge in [0.25, 0.3) is 0 Å².